The number of nitrogens with zero attached hydrogens (tertiary/aromatic N) is 1. The third-order valence-corrected chi connectivity index (χ3v) is 4.15. The number of aryl methyl sites for hydroxylation is 1. The van der Waals surface area contributed by atoms with E-state index in [0.29, 0.717) is 16.6 Å². The number of carboxylic acids is 1. The van der Waals surface area contributed by atoms with E-state index in [1.807, 2.05) is 54.6 Å². The number of thiazole rings is 1. The van der Waals surface area contributed by atoms with E-state index in [-0.39, 0.29) is 4.88 Å². The molecule has 0 saturated carbocycles. The number of nitrogens with one attached hydrogen (secondary N) is 1. The third kappa shape index (κ3) is 3.49. The molecule has 23 heavy (non-hydrogen) atoms. The SMILES string of the molecule is Cc1nc(Nc2ccccc2Oc2ccccc2)sc1C(=O)O. The first-order chi connectivity index (χ1) is 11.1. The van der Waals surface area contributed by atoms with Crippen LogP contribution >= 0.6 is 11.3 Å². The van der Waals surface area contributed by atoms with E-state index in [1.54, 1.807) is 6.92 Å². The van der Waals surface area contributed by atoms with Gasteiger partial charge in [-0.1, -0.05) is 41.7 Å². The zero-order valence-electron chi connectivity index (χ0n) is 12.3. The Hall–Kier alpha value is -2.86. The van der Waals surface area contributed by atoms with Gasteiger partial charge in [-0.05, 0) is 31.2 Å². The Morgan fingerprint density at radius 3 is 2.52 bits per heavy atom. The lowest BCUT2D eigenvalue weighted by Gasteiger charge is -2.11. The highest BCUT2D eigenvalue weighted by Crippen LogP contribution is 2.33. The Bertz CT molecular complexity index is 831. The molecule has 3 aromatic rings. The predicted molar refractivity (Wildman–Crippen MR) is 90.1 cm³/mol. The maximum atomic E-state index is 11.1. The first kappa shape index (κ1) is 15.1. The van der Waals surface area contributed by atoms with Crippen molar-refractivity contribution < 1.29 is 14.6 Å². The van der Waals surface area contributed by atoms with Crippen LogP contribution in [0.25, 0.3) is 0 Å². The van der Waals surface area contributed by atoms with Crippen LogP contribution in [0.3, 0.4) is 0 Å². The predicted octanol–water partition coefficient (Wildman–Crippen LogP) is 4.69. The fourth-order valence-corrected chi connectivity index (χ4v) is 2.86. The molecule has 0 bridgehead atoms. The molecule has 116 valence electrons. The Morgan fingerprint density at radius 1 is 1.13 bits per heavy atom. The first-order valence-electron chi connectivity index (χ1n) is 6.93. The number of hydrogen-bond donors (Lipinski definition) is 2. The Labute approximate surface area is 137 Å². The summed E-state index contributed by atoms with van der Waals surface area (Å²) in [6, 6.07) is 16.9. The zero-order chi connectivity index (χ0) is 16.2. The van der Waals surface area contributed by atoms with Gasteiger partial charge in [0.25, 0.3) is 0 Å². The Balaban J connectivity index is 1.86. The van der Waals surface area contributed by atoms with Gasteiger partial charge in [-0.15, -0.1) is 0 Å². The number of aromatic carboxylic acids is 1. The van der Waals surface area contributed by atoms with Crippen LogP contribution in [0.4, 0.5) is 10.8 Å². The summed E-state index contributed by atoms with van der Waals surface area (Å²) in [6.07, 6.45) is 0. The molecule has 5 nitrogen and oxygen atoms in total. The fourth-order valence-electron chi connectivity index (χ4n) is 2.04. The van der Waals surface area contributed by atoms with Crippen LogP contribution in [-0.2, 0) is 0 Å². The number of rotatable bonds is 5. The van der Waals surface area contributed by atoms with E-state index < -0.39 is 5.97 Å². The molecule has 0 atom stereocenters. The smallest absolute Gasteiger partial charge is 0.347 e. The van der Waals surface area contributed by atoms with Crippen LogP contribution in [0, 0.1) is 6.92 Å². The highest BCUT2D eigenvalue weighted by molar-refractivity contribution is 7.17. The molecule has 0 aliphatic heterocycles. The second-order valence-corrected chi connectivity index (χ2v) is 5.77. The summed E-state index contributed by atoms with van der Waals surface area (Å²) in [6.45, 7) is 1.68. The standard InChI is InChI=1S/C17H14N2O3S/c1-11-15(16(20)21)23-17(18-11)19-13-9-5-6-10-14(13)22-12-7-3-2-4-8-12/h2-10H,1H3,(H,18,19)(H,20,21). The van der Waals surface area contributed by atoms with E-state index in [0.717, 1.165) is 22.8 Å². The number of aromatic nitrogens is 1. The van der Waals surface area contributed by atoms with E-state index >= 15 is 0 Å². The van der Waals surface area contributed by atoms with Gasteiger partial charge in [-0.25, -0.2) is 9.78 Å². The third-order valence-electron chi connectivity index (χ3n) is 3.09. The highest BCUT2D eigenvalue weighted by Gasteiger charge is 2.15. The lowest BCUT2D eigenvalue weighted by Crippen LogP contribution is -1.94. The molecule has 2 N–H and O–H groups in total. The average molecular weight is 326 g/mol. The van der Waals surface area contributed by atoms with Crippen molar-refractivity contribution in [2.45, 2.75) is 6.92 Å². The van der Waals surface area contributed by atoms with Crippen LogP contribution < -0.4 is 10.1 Å². The van der Waals surface area contributed by atoms with Crippen molar-refractivity contribution in [1.29, 1.82) is 0 Å². The van der Waals surface area contributed by atoms with Gasteiger partial charge in [0, 0.05) is 0 Å². The van der Waals surface area contributed by atoms with Crippen molar-refractivity contribution in [1.82, 2.24) is 4.98 Å². The highest BCUT2D eigenvalue weighted by atomic mass is 32.1. The monoisotopic (exact) mass is 326 g/mol. The summed E-state index contributed by atoms with van der Waals surface area (Å²) in [5.74, 6) is 0.397. The number of benzene rings is 2. The number of carboxylic acid groups (broad SMARTS) is 1. The fraction of sp³-hybridized carbons (Fsp3) is 0.0588. The van der Waals surface area contributed by atoms with Gasteiger partial charge in [0.15, 0.2) is 10.9 Å². The van der Waals surface area contributed by atoms with Crippen LogP contribution in [0.15, 0.2) is 54.6 Å². The molecule has 0 aliphatic carbocycles. The lowest BCUT2D eigenvalue weighted by atomic mass is 10.3. The van der Waals surface area contributed by atoms with Crippen LogP contribution in [0.2, 0.25) is 0 Å². The molecule has 2 aromatic carbocycles. The van der Waals surface area contributed by atoms with Crippen LogP contribution in [-0.4, -0.2) is 16.1 Å². The van der Waals surface area contributed by atoms with Gasteiger partial charge in [0.05, 0.1) is 11.4 Å². The molecule has 6 heteroatoms. The number of ether oxygens (including phenoxy) is 1. The van der Waals surface area contributed by atoms with Crippen LogP contribution in [0.5, 0.6) is 11.5 Å². The molecule has 0 amide bonds. The summed E-state index contributed by atoms with van der Waals surface area (Å²) in [5, 5.41) is 12.8. The van der Waals surface area contributed by atoms with Crippen molar-refractivity contribution >= 4 is 28.1 Å². The number of carbonyl (C=O) groups is 1. The molecule has 3 rings (SSSR count). The van der Waals surface area contributed by atoms with E-state index in [1.165, 1.54) is 0 Å². The van der Waals surface area contributed by atoms with Gasteiger partial charge in [0.1, 0.15) is 10.6 Å². The molecule has 0 radical (unpaired) electrons. The Morgan fingerprint density at radius 2 is 1.83 bits per heavy atom. The topological polar surface area (TPSA) is 71.5 Å². The number of anilines is 2. The maximum Gasteiger partial charge on any atom is 0.347 e. The minimum atomic E-state index is -0.970. The van der Waals surface area contributed by atoms with Crippen molar-refractivity contribution in [2.24, 2.45) is 0 Å². The molecule has 1 heterocycles. The number of para-hydroxylation sites is 3. The summed E-state index contributed by atoms with van der Waals surface area (Å²) >= 11 is 1.10. The van der Waals surface area contributed by atoms with Crippen molar-refractivity contribution in [3.8, 4) is 11.5 Å². The molecular formula is C17H14N2O3S. The van der Waals surface area contributed by atoms with Gasteiger partial charge < -0.3 is 15.2 Å². The maximum absolute atomic E-state index is 11.1. The van der Waals surface area contributed by atoms with Crippen LogP contribution in [0.1, 0.15) is 15.4 Å². The quantitative estimate of drug-likeness (QED) is 0.712. The summed E-state index contributed by atoms with van der Waals surface area (Å²) in [4.78, 5) is 15.6. The number of hydrogen-bond acceptors (Lipinski definition) is 5. The van der Waals surface area contributed by atoms with Gasteiger partial charge in [-0.3, -0.25) is 0 Å². The first-order valence-corrected chi connectivity index (χ1v) is 7.75. The summed E-state index contributed by atoms with van der Waals surface area (Å²) in [5.41, 5.74) is 1.22. The summed E-state index contributed by atoms with van der Waals surface area (Å²) < 4.78 is 5.86. The molecule has 0 spiro atoms. The van der Waals surface area contributed by atoms with E-state index in [9.17, 15) is 4.79 Å². The normalized spacial score (nSPS) is 10.3. The molecule has 0 aliphatic rings. The van der Waals surface area contributed by atoms with E-state index in [2.05, 4.69) is 10.3 Å². The molecule has 1 aromatic heterocycles. The Kier molecular flexibility index (Phi) is 4.25. The van der Waals surface area contributed by atoms with Crippen molar-refractivity contribution in [3.05, 3.63) is 65.2 Å². The molecule has 0 fully saturated rings. The largest absolute Gasteiger partial charge is 0.477 e. The van der Waals surface area contributed by atoms with E-state index in [4.69, 9.17) is 9.84 Å². The zero-order valence-corrected chi connectivity index (χ0v) is 13.1. The average Bonchev–Trinajstić information content (AvgIpc) is 2.91. The van der Waals surface area contributed by atoms with Crippen molar-refractivity contribution in [2.75, 3.05) is 5.32 Å². The molecule has 0 saturated heterocycles. The summed E-state index contributed by atoms with van der Waals surface area (Å²) in [7, 11) is 0. The second kappa shape index (κ2) is 6.50. The van der Waals surface area contributed by atoms with Gasteiger partial charge >= 0.3 is 5.97 Å². The molecular weight excluding hydrogens is 312 g/mol. The van der Waals surface area contributed by atoms with Crippen molar-refractivity contribution in [3.63, 3.8) is 0 Å². The minimum Gasteiger partial charge on any atom is -0.477 e. The minimum absolute atomic E-state index is 0.231. The molecule has 0 unspecified atom stereocenters. The van der Waals surface area contributed by atoms with Gasteiger partial charge in [0.2, 0.25) is 0 Å². The van der Waals surface area contributed by atoms with Gasteiger partial charge in [-0.2, -0.15) is 0 Å². The lowest BCUT2D eigenvalue weighted by molar-refractivity contribution is 0.0701. The second-order valence-electron chi connectivity index (χ2n) is 4.77.